The van der Waals surface area contributed by atoms with Crippen LogP contribution in [0, 0.1) is 0 Å². The second-order valence-corrected chi connectivity index (χ2v) is 3.84. The molecule has 7 nitrogen and oxygen atoms in total. The van der Waals surface area contributed by atoms with Gasteiger partial charge in [-0.05, 0) is 0 Å². The first kappa shape index (κ1) is 14.7. The number of aryl methyl sites for hydroxylation is 1. The number of ether oxygens (including phenoxy) is 1. The van der Waals surface area contributed by atoms with Crippen molar-refractivity contribution in [2.24, 2.45) is 0 Å². The van der Waals surface area contributed by atoms with Crippen molar-refractivity contribution in [3.63, 3.8) is 0 Å². The quantitative estimate of drug-likeness (QED) is 0.502. The number of amides is 1. The highest BCUT2D eigenvalue weighted by Crippen LogP contribution is 2.06. The third kappa shape index (κ3) is 5.83. The van der Waals surface area contributed by atoms with Gasteiger partial charge in [0.15, 0.2) is 0 Å². The van der Waals surface area contributed by atoms with Crippen LogP contribution in [0.1, 0.15) is 12.3 Å². The Morgan fingerprint density at radius 3 is 3.00 bits per heavy atom. The van der Waals surface area contributed by atoms with Crippen LogP contribution in [0.5, 0.6) is 0 Å². The van der Waals surface area contributed by atoms with Crippen LogP contribution in [0.3, 0.4) is 0 Å². The fourth-order valence-corrected chi connectivity index (χ4v) is 1.33. The lowest BCUT2D eigenvalue weighted by atomic mass is 10.4. The average molecular weight is 277 g/mol. The number of rotatable bonds is 9. The fraction of sp³-hybridized carbons (Fsp3) is 0.700. The smallest absolute Gasteiger partial charge is 0.315 e. The molecule has 8 heteroatoms. The first-order valence-electron chi connectivity index (χ1n) is 5.64. The maximum absolute atomic E-state index is 11.3. The van der Waals surface area contributed by atoms with E-state index in [0.717, 1.165) is 0 Å². The SMILES string of the molecule is COCCNC(=O)CCNc1nnc(CCCl)o1. The van der Waals surface area contributed by atoms with E-state index in [4.69, 9.17) is 20.8 Å². The van der Waals surface area contributed by atoms with Gasteiger partial charge in [0.05, 0.1) is 6.61 Å². The van der Waals surface area contributed by atoms with Gasteiger partial charge in [-0.25, -0.2) is 0 Å². The molecule has 102 valence electrons. The first-order chi connectivity index (χ1) is 8.76. The van der Waals surface area contributed by atoms with Crippen molar-refractivity contribution in [1.29, 1.82) is 0 Å². The Bertz CT molecular complexity index is 359. The molecule has 0 fully saturated rings. The molecule has 0 unspecified atom stereocenters. The van der Waals surface area contributed by atoms with E-state index in [-0.39, 0.29) is 5.91 Å². The summed E-state index contributed by atoms with van der Waals surface area (Å²) in [5.74, 6) is 0.862. The van der Waals surface area contributed by atoms with Crippen LogP contribution in [-0.2, 0) is 16.0 Å². The Labute approximate surface area is 110 Å². The zero-order valence-electron chi connectivity index (χ0n) is 10.2. The zero-order valence-corrected chi connectivity index (χ0v) is 11.0. The van der Waals surface area contributed by atoms with E-state index in [1.165, 1.54) is 0 Å². The number of carbonyl (C=O) groups is 1. The number of halogens is 1. The molecule has 18 heavy (non-hydrogen) atoms. The Balaban J connectivity index is 2.14. The fourth-order valence-electron chi connectivity index (χ4n) is 1.17. The number of nitrogens with one attached hydrogen (secondary N) is 2. The number of aromatic nitrogens is 2. The summed E-state index contributed by atoms with van der Waals surface area (Å²) in [7, 11) is 1.59. The number of methoxy groups -OCH3 is 1. The van der Waals surface area contributed by atoms with Crippen LogP contribution in [0.2, 0.25) is 0 Å². The zero-order chi connectivity index (χ0) is 13.2. The average Bonchev–Trinajstić information content (AvgIpc) is 2.78. The van der Waals surface area contributed by atoms with Gasteiger partial charge in [0.2, 0.25) is 11.8 Å². The van der Waals surface area contributed by atoms with Gasteiger partial charge in [-0.15, -0.1) is 16.7 Å². The number of alkyl halides is 1. The summed E-state index contributed by atoms with van der Waals surface area (Å²) in [6.07, 6.45) is 0.866. The van der Waals surface area contributed by atoms with Crippen LogP contribution in [0.25, 0.3) is 0 Å². The van der Waals surface area contributed by atoms with Crippen molar-refractivity contribution < 1.29 is 13.9 Å². The van der Waals surface area contributed by atoms with Gasteiger partial charge in [0, 0.05) is 38.9 Å². The van der Waals surface area contributed by atoms with Gasteiger partial charge in [0.25, 0.3) is 0 Å². The molecule has 0 aliphatic rings. The van der Waals surface area contributed by atoms with Crippen LogP contribution < -0.4 is 10.6 Å². The topological polar surface area (TPSA) is 89.3 Å². The van der Waals surface area contributed by atoms with E-state index in [1.54, 1.807) is 7.11 Å². The molecule has 0 aliphatic heterocycles. The second kappa shape index (κ2) is 8.71. The third-order valence-electron chi connectivity index (χ3n) is 2.03. The van der Waals surface area contributed by atoms with Gasteiger partial charge in [-0.1, -0.05) is 5.10 Å². The van der Waals surface area contributed by atoms with Gasteiger partial charge in [-0.2, -0.15) is 0 Å². The largest absolute Gasteiger partial charge is 0.408 e. The molecule has 0 saturated heterocycles. The van der Waals surface area contributed by atoms with E-state index in [2.05, 4.69) is 20.8 Å². The van der Waals surface area contributed by atoms with E-state index >= 15 is 0 Å². The lowest BCUT2D eigenvalue weighted by Crippen LogP contribution is -2.28. The van der Waals surface area contributed by atoms with Crippen molar-refractivity contribution in [2.75, 3.05) is 38.0 Å². The Morgan fingerprint density at radius 2 is 2.28 bits per heavy atom. The minimum atomic E-state index is -0.0555. The molecule has 1 heterocycles. The monoisotopic (exact) mass is 276 g/mol. The number of hydrogen-bond donors (Lipinski definition) is 2. The second-order valence-electron chi connectivity index (χ2n) is 3.46. The molecule has 1 aromatic heterocycles. The third-order valence-corrected chi connectivity index (χ3v) is 2.22. The van der Waals surface area contributed by atoms with E-state index < -0.39 is 0 Å². The molecule has 0 aliphatic carbocycles. The van der Waals surface area contributed by atoms with Crippen molar-refractivity contribution in [2.45, 2.75) is 12.8 Å². The van der Waals surface area contributed by atoms with E-state index in [9.17, 15) is 4.79 Å². The predicted octanol–water partition coefficient (Wildman–Crippen LogP) is 0.415. The van der Waals surface area contributed by atoms with Crippen molar-refractivity contribution >= 4 is 23.5 Å². The molecule has 1 amide bonds. The van der Waals surface area contributed by atoms with Crippen molar-refractivity contribution in [1.82, 2.24) is 15.5 Å². The lowest BCUT2D eigenvalue weighted by molar-refractivity contribution is -0.121. The summed E-state index contributed by atoms with van der Waals surface area (Å²) < 4.78 is 10.1. The summed E-state index contributed by atoms with van der Waals surface area (Å²) in [6, 6.07) is 0.305. The minimum Gasteiger partial charge on any atom is -0.408 e. The molecule has 0 atom stereocenters. The molecule has 0 radical (unpaired) electrons. The molecule has 0 aromatic carbocycles. The van der Waals surface area contributed by atoms with Crippen LogP contribution in [-0.4, -0.2) is 48.8 Å². The predicted molar refractivity (Wildman–Crippen MR) is 66.7 cm³/mol. The first-order valence-corrected chi connectivity index (χ1v) is 6.17. The number of nitrogens with zero attached hydrogens (tertiary/aromatic N) is 2. The maximum Gasteiger partial charge on any atom is 0.315 e. The van der Waals surface area contributed by atoms with Gasteiger partial charge in [0.1, 0.15) is 0 Å². The van der Waals surface area contributed by atoms with Crippen LogP contribution >= 0.6 is 11.6 Å². The molecular formula is C10H17ClN4O3. The Morgan fingerprint density at radius 1 is 1.44 bits per heavy atom. The highest BCUT2D eigenvalue weighted by molar-refractivity contribution is 6.17. The standard InChI is InChI=1S/C10H17ClN4O3/c1-17-7-6-12-8(16)3-5-13-10-15-14-9(18-10)2-4-11/h2-7H2,1H3,(H,12,16)(H,13,15). The number of hydrogen-bond acceptors (Lipinski definition) is 6. The summed E-state index contributed by atoms with van der Waals surface area (Å²) in [6.45, 7) is 1.45. The summed E-state index contributed by atoms with van der Waals surface area (Å²) in [5.41, 5.74) is 0. The van der Waals surface area contributed by atoms with Gasteiger partial charge in [-0.3, -0.25) is 4.79 Å². The van der Waals surface area contributed by atoms with Crippen LogP contribution in [0.4, 0.5) is 6.01 Å². The van der Waals surface area contributed by atoms with E-state index in [0.29, 0.717) is 50.3 Å². The molecule has 1 rings (SSSR count). The summed E-state index contributed by atoms with van der Waals surface area (Å²) in [4.78, 5) is 11.3. The highest BCUT2D eigenvalue weighted by atomic mass is 35.5. The Kier molecular flexibility index (Phi) is 7.12. The molecule has 2 N–H and O–H groups in total. The molecule has 0 spiro atoms. The number of carbonyl (C=O) groups excluding carboxylic acids is 1. The molecule has 0 bridgehead atoms. The number of anilines is 1. The van der Waals surface area contributed by atoms with Crippen LogP contribution in [0.15, 0.2) is 4.42 Å². The minimum absolute atomic E-state index is 0.0555. The highest BCUT2D eigenvalue weighted by Gasteiger charge is 2.05. The lowest BCUT2D eigenvalue weighted by Gasteiger charge is -2.04. The molecular weight excluding hydrogens is 260 g/mol. The van der Waals surface area contributed by atoms with Crippen molar-refractivity contribution in [3.8, 4) is 0 Å². The van der Waals surface area contributed by atoms with Crippen molar-refractivity contribution in [3.05, 3.63) is 5.89 Å². The van der Waals surface area contributed by atoms with Gasteiger partial charge >= 0.3 is 6.01 Å². The van der Waals surface area contributed by atoms with Gasteiger partial charge < -0.3 is 19.8 Å². The molecule has 1 aromatic rings. The summed E-state index contributed by atoms with van der Waals surface area (Å²) >= 11 is 5.54. The normalized spacial score (nSPS) is 10.3. The Hall–Kier alpha value is -1.34. The molecule has 0 saturated carbocycles. The van der Waals surface area contributed by atoms with E-state index in [1.807, 2.05) is 0 Å². The maximum atomic E-state index is 11.3. The summed E-state index contributed by atoms with van der Waals surface area (Å²) in [5, 5.41) is 13.1.